The summed E-state index contributed by atoms with van der Waals surface area (Å²) in [6.45, 7) is 3.62. The van der Waals surface area contributed by atoms with Gasteiger partial charge in [0, 0.05) is 5.75 Å². The first-order valence-electron chi connectivity index (χ1n) is 5.34. The van der Waals surface area contributed by atoms with E-state index < -0.39 is 0 Å². The van der Waals surface area contributed by atoms with Crippen molar-refractivity contribution in [3.8, 4) is 11.6 Å². The van der Waals surface area contributed by atoms with Crippen molar-refractivity contribution in [1.29, 1.82) is 0 Å². The summed E-state index contributed by atoms with van der Waals surface area (Å²) in [4.78, 5) is 15.9. The molecular formula is C13H12N2O2S. The molecule has 92 valence electrons. The second kappa shape index (κ2) is 5.55. The van der Waals surface area contributed by atoms with E-state index in [1.807, 2.05) is 30.3 Å². The van der Waals surface area contributed by atoms with Gasteiger partial charge in [-0.2, -0.15) is 4.98 Å². The Balaban J connectivity index is 2.57. The molecule has 5 heteroatoms. The second-order valence-electron chi connectivity index (χ2n) is 3.51. The Kier molecular flexibility index (Phi) is 3.84. The Morgan fingerprint density at radius 2 is 2.11 bits per heavy atom. The maximum absolute atomic E-state index is 11.9. The molecule has 0 fully saturated rings. The van der Waals surface area contributed by atoms with Gasteiger partial charge in [0.15, 0.2) is 5.16 Å². The molecule has 0 unspecified atom stereocenters. The summed E-state index contributed by atoms with van der Waals surface area (Å²) in [5, 5.41) is 9.85. The van der Waals surface area contributed by atoms with Crippen molar-refractivity contribution in [2.45, 2.75) is 5.16 Å². The molecule has 1 N–H and O–H groups in total. The maximum Gasteiger partial charge on any atom is 0.262 e. The van der Waals surface area contributed by atoms with Crippen LogP contribution < -0.4 is 5.56 Å². The van der Waals surface area contributed by atoms with Gasteiger partial charge in [0.05, 0.1) is 11.8 Å². The van der Waals surface area contributed by atoms with Gasteiger partial charge >= 0.3 is 0 Å². The maximum atomic E-state index is 11.9. The van der Waals surface area contributed by atoms with E-state index in [2.05, 4.69) is 11.6 Å². The predicted molar refractivity (Wildman–Crippen MR) is 72.4 cm³/mol. The van der Waals surface area contributed by atoms with Gasteiger partial charge in [0.2, 0.25) is 5.88 Å². The highest BCUT2D eigenvalue weighted by Gasteiger charge is 2.09. The van der Waals surface area contributed by atoms with Crippen molar-refractivity contribution >= 4 is 11.8 Å². The number of para-hydroxylation sites is 1. The third-order valence-electron chi connectivity index (χ3n) is 2.22. The standard InChI is InChI=1S/C13H12N2O2S/c1-2-8-18-13-14-11(16)9-12(17)15(13)10-6-4-3-5-7-10/h2-7,9,16H,1,8H2. The van der Waals surface area contributed by atoms with E-state index in [4.69, 9.17) is 0 Å². The molecule has 0 radical (unpaired) electrons. The van der Waals surface area contributed by atoms with Gasteiger partial charge in [-0.05, 0) is 12.1 Å². The van der Waals surface area contributed by atoms with Crippen LogP contribution >= 0.6 is 11.8 Å². The fraction of sp³-hybridized carbons (Fsp3) is 0.0769. The number of thioether (sulfide) groups is 1. The van der Waals surface area contributed by atoms with Crippen LogP contribution in [0.1, 0.15) is 0 Å². The number of hydrogen-bond donors (Lipinski definition) is 1. The third kappa shape index (κ3) is 2.62. The van der Waals surface area contributed by atoms with E-state index in [1.165, 1.54) is 16.3 Å². The smallest absolute Gasteiger partial charge is 0.262 e. The van der Waals surface area contributed by atoms with Gasteiger partial charge in [-0.3, -0.25) is 9.36 Å². The fourth-order valence-electron chi connectivity index (χ4n) is 1.49. The van der Waals surface area contributed by atoms with Crippen LogP contribution in [0.15, 0.2) is 59.0 Å². The Bertz CT molecular complexity index is 608. The van der Waals surface area contributed by atoms with Crippen molar-refractivity contribution in [1.82, 2.24) is 9.55 Å². The van der Waals surface area contributed by atoms with Crippen molar-refractivity contribution in [3.63, 3.8) is 0 Å². The summed E-state index contributed by atoms with van der Waals surface area (Å²) in [5.41, 5.74) is 0.418. The quantitative estimate of drug-likeness (QED) is 0.520. The molecule has 18 heavy (non-hydrogen) atoms. The normalized spacial score (nSPS) is 10.2. The molecule has 0 amide bonds. The van der Waals surface area contributed by atoms with Crippen LogP contribution in [0, 0.1) is 0 Å². The third-order valence-corrected chi connectivity index (χ3v) is 3.15. The van der Waals surface area contributed by atoms with Crippen LogP contribution in [-0.4, -0.2) is 20.4 Å². The molecule has 0 bridgehead atoms. The van der Waals surface area contributed by atoms with Gasteiger partial charge in [0.25, 0.3) is 5.56 Å². The number of nitrogens with zero attached hydrogens (tertiary/aromatic N) is 2. The number of benzene rings is 1. The number of rotatable bonds is 4. The molecule has 0 aliphatic heterocycles. The molecule has 4 nitrogen and oxygen atoms in total. The molecule has 2 rings (SSSR count). The van der Waals surface area contributed by atoms with Gasteiger partial charge in [-0.1, -0.05) is 36.0 Å². The zero-order chi connectivity index (χ0) is 13.0. The Hall–Kier alpha value is -2.01. The van der Waals surface area contributed by atoms with Gasteiger partial charge in [-0.25, -0.2) is 0 Å². The monoisotopic (exact) mass is 260 g/mol. The summed E-state index contributed by atoms with van der Waals surface area (Å²) in [7, 11) is 0. The first kappa shape index (κ1) is 12.4. The first-order chi connectivity index (χ1) is 8.72. The van der Waals surface area contributed by atoms with E-state index in [1.54, 1.807) is 6.08 Å². The molecule has 2 aromatic rings. The lowest BCUT2D eigenvalue weighted by Gasteiger charge is -2.10. The summed E-state index contributed by atoms with van der Waals surface area (Å²) in [6, 6.07) is 10.3. The highest BCUT2D eigenvalue weighted by atomic mass is 32.2. The van der Waals surface area contributed by atoms with Crippen LogP contribution in [0.3, 0.4) is 0 Å². The van der Waals surface area contributed by atoms with E-state index in [0.717, 1.165) is 11.8 Å². The largest absolute Gasteiger partial charge is 0.493 e. The summed E-state index contributed by atoms with van der Waals surface area (Å²) >= 11 is 1.34. The molecule has 0 saturated heterocycles. The first-order valence-corrected chi connectivity index (χ1v) is 6.33. The van der Waals surface area contributed by atoms with Crippen LogP contribution in [-0.2, 0) is 0 Å². The number of hydrogen-bond acceptors (Lipinski definition) is 4. The minimum atomic E-state index is -0.305. The molecular weight excluding hydrogens is 248 g/mol. The number of aromatic hydroxyl groups is 1. The Morgan fingerprint density at radius 3 is 2.78 bits per heavy atom. The van der Waals surface area contributed by atoms with Crippen molar-refractivity contribution in [2.24, 2.45) is 0 Å². The Labute approximate surface area is 109 Å². The van der Waals surface area contributed by atoms with E-state index in [9.17, 15) is 9.90 Å². The minimum Gasteiger partial charge on any atom is -0.493 e. The lowest BCUT2D eigenvalue weighted by atomic mass is 10.3. The lowest BCUT2D eigenvalue weighted by molar-refractivity contribution is 0.441. The van der Waals surface area contributed by atoms with E-state index in [-0.39, 0.29) is 11.4 Å². The zero-order valence-corrected chi connectivity index (χ0v) is 10.4. The average molecular weight is 260 g/mol. The zero-order valence-electron chi connectivity index (χ0n) is 9.61. The Morgan fingerprint density at radius 1 is 1.39 bits per heavy atom. The molecule has 0 aliphatic carbocycles. The molecule has 0 saturated carbocycles. The van der Waals surface area contributed by atoms with Crippen molar-refractivity contribution in [3.05, 3.63) is 59.4 Å². The van der Waals surface area contributed by atoms with Crippen LogP contribution in [0.4, 0.5) is 0 Å². The molecule has 0 spiro atoms. The van der Waals surface area contributed by atoms with Crippen LogP contribution in [0.2, 0.25) is 0 Å². The van der Waals surface area contributed by atoms with Crippen LogP contribution in [0.5, 0.6) is 5.88 Å². The van der Waals surface area contributed by atoms with Gasteiger partial charge in [0.1, 0.15) is 0 Å². The summed E-state index contributed by atoms with van der Waals surface area (Å²) < 4.78 is 1.47. The van der Waals surface area contributed by atoms with Crippen molar-refractivity contribution in [2.75, 3.05) is 5.75 Å². The fourth-order valence-corrected chi connectivity index (χ4v) is 2.24. The molecule has 1 aromatic carbocycles. The molecule has 0 aliphatic rings. The average Bonchev–Trinajstić information content (AvgIpc) is 2.36. The van der Waals surface area contributed by atoms with E-state index >= 15 is 0 Å². The molecule has 1 heterocycles. The predicted octanol–water partition coefficient (Wildman–Crippen LogP) is 2.22. The van der Waals surface area contributed by atoms with Crippen molar-refractivity contribution < 1.29 is 5.11 Å². The summed E-state index contributed by atoms with van der Waals surface area (Å²) in [5.74, 6) is 0.349. The van der Waals surface area contributed by atoms with Crippen LogP contribution in [0.25, 0.3) is 5.69 Å². The summed E-state index contributed by atoms with van der Waals surface area (Å²) in [6.07, 6.45) is 1.72. The highest BCUT2D eigenvalue weighted by molar-refractivity contribution is 7.99. The molecule has 0 atom stereocenters. The topological polar surface area (TPSA) is 55.1 Å². The van der Waals surface area contributed by atoms with E-state index in [0.29, 0.717) is 10.9 Å². The number of aromatic nitrogens is 2. The lowest BCUT2D eigenvalue weighted by Crippen LogP contribution is -2.20. The highest BCUT2D eigenvalue weighted by Crippen LogP contribution is 2.19. The van der Waals surface area contributed by atoms with Gasteiger partial charge in [-0.15, -0.1) is 6.58 Å². The molecule has 1 aromatic heterocycles. The minimum absolute atomic E-state index is 0.265. The SMILES string of the molecule is C=CCSc1nc(O)cc(=O)n1-c1ccccc1. The van der Waals surface area contributed by atoms with Gasteiger partial charge < -0.3 is 5.11 Å². The second-order valence-corrected chi connectivity index (χ2v) is 4.49.